The summed E-state index contributed by atoms with van der Waals surface area (Å²) in [6.07, 6.45) is 7.86. The number of ether oxygens (including phenoxy) is 4. The summed E-state index contributed by atoms with van der Waals surface area (Å²) in [5.74, 6) is 1.47. The number of rotatable bonds is 6. The van der Waals surface area contributed by atoms with Crippen molar-refractivity contribution in [2.24, 2.45) is 50.7 Å². The van der Waals surface area contributed by atoms with Crippen LogP contribution in [0.25, 0.3) is 0 Å². The number of nitrogens with one attached hydrogen (secondary N) is 1. The van der Waals surface area contributed by atoms with Gasteiger partial charge in [-0.15, -0.1) is 0 Å². The Hall–Kier alpha value is -0.810. The van der Waals surface area contributed by atoms with E-state index in [2.05, 4.69) is 44.8 Å². The van der Waals surface area contributed by atoms with Gasteiger partial charge in [-0.05, 0) is 111 Å². The molecule has 2 spiro atoms. The maximum Gasteiger partial charge on any atom is 0.217 e. The zero-order valence-corrected chi connectivity index (χ0v) is 30.9. The van der Waals surface area contributed by atoms with Gasteiger partial charge in [-0.2, -0.15) is 0 Å². The quantitative estimate of drug-likeness (QED) is 0.378. The Balaban J connectivity index is 1.03. The highest BCUT2D eigenvalue weighted by atomic mass is 16.7. The van der Waals surface area contributed by atoms with E-state index in [1.807, 2.05) is 0 Å². The van der Waals surface area contributed by atoms with Crippen LogP contribution in [0.1, 0.15) is 107 Å². The van der Waals surface area contributed by atoms with Crippen molar-refractivity contribution in [1.29, 1.82) is 0 Å². The van der Waals surface area contributed by atoms with Crippen LogP contribution in [-0.4, -0.2) is 102 Å². The van der Waals surface area contributed by atoms with Gasteiger partial charge in [0, 0.05) is 18.9 Å². The van der Waals surface area contributed by atoms with E-state index >= 15 is 0 Å². The van der Waals surface area contributed by atoms with Gasteiger partial charge in [0.1, 0.15) is 0 Å². The molecule has 0 aromatic carbocycles. The molecule has 48 heavy (non-hydrogen) atoms. The van der Waals surface area contributed by atoms with Gasteiger partial charge in [-0.3, -0.25) is 9.69 Å². The Labute approximate surface area is 288 Å². The van der Waals surface area contributed by atoms with Crippen molar-refractivity contribution in [1.82, 2.24) is 10.2 Å². The van der Waals surface area contributed by atoms with Gasteiger partial charge in [0.2, 0.25) is 5.91 Å². The average molecular weight is 673 g/mol. The minimum Gasteiger partial charge on any atom is -0.390 e. The van der Waals surface area contributed by atoms with E-state index in [0.29, 0.717) is 29.2 Å². The molecule has 272 valence electrons. The second-order valence-corrected chi connectivity index (χ2v) is 19.5. The fourth-order valence-corrected chi connectivity index (χ4v) is 14.4. The molecule has 0 aromatic heterocycles. The van der Waals surface area contributed by atoms with Gasteiger partial charge in [-0.1, -0.05) is 34.6 Å². The standard InChI is InChI=1S/C39H64N2O7/c1-22-17-25(32(35(5,6)44)40-23(2)42)47-31-30(22)36(7)13-14-39-21-38(39)12-11-28(48-29-18-41(15-16-46-29)24-19-45-20-24)34(3,4)26(38)9-10-27(39)37(36,8)33(31)43/h22,24-33,43-44H,9-21H2,1-8H3,(H,40,42)/t22-,25?,26?,27?,28?,29+,30+,31?,32?,33+,36?,37-,38?,39?/m1/s1. The lowest BCUT2D eigenvalue weighted by molar-refractivity contribution is -0.256. The van der Waals surface area contributed by atoms with E-state index in [9.17, 15) is 15.0 Å². The maximum absolute atomic E-state index is 12.6. The third-order valence-corrected chi connectivity index (χ3v) is 16.8. The number of hydrogen-bond acceptors (Lipinski definition) is 8. The first-order chi connectivity index (χ1) is 22.5. The number of aliphatic hydroxyl groups excluding tert-OH is 1. The van der Waals surface area contributed by atoms with Gasteiger partial charge < -0.3 is 34.5 Å². The monoisotopic (exact) mass is 672 g/mol. The van der Waals surface area contributed by atoms with E-state index in [1.165, 1.54) is 32.6 Å². The van der Waals surface area contributed by atoms with Crippen LogP contribution in [0.15, 0.2) is 0 Å². The minimum atomic E-state index is -1.14. The zero-order valence-electron chi connectivity index (χ0n) is 30.9. The fraction of sp³-hybridized carbons (Fsp3) is 0.974. The molecular formula is C39H64N2O7. The number of fused-ring (bicyclic) bond motifs is 4. The van der Waals surface area contributed by atoms with Crippen LogP contribution in [0.2, 0.25) is 0 Å². The summed E-state index contributed by atoms with van der Waals surface area (Å²) < 4.78 is 25.5. The lowest BCUT2D eigenvalue weighted by Crippen LogP contribution is -2.60. The third-order valence-electron chi connectivity index (χ3n) is 16.8. The summed E-state index contributed by atoms with van der Waals surface area (Å²) in [4.78, 5) is 14.7. The zero-order chi connectivity index (χ0) is 34.2. The highest BCUT2D eigenvalue weighted by Crippen LogP contribution is 2.89. The number of carbonyl (C=O) groups is 1. The second kappa shape index (κ2) is 11.1. The Morgan fingerprint density at radius 1 is 1.04 bits per heavy atom. The molecule has 0 aromatic rings. The summed E-state index contributed by atoms with van der Waals surface area (Å²) in [5, 5.41) is 26.7. The molecule has 8 fully saturated rings. The molecule has 9 nitrogen and oxygen atoms in total. The van der Waals surface area contributed by atoms with Crippen LogP contribution in [0.5, 0.6) is 0 Å². The number of aliphatic hydroxyl groups is 2. The number of hydrogen-bond donors (Lipinski definition) is 3. The van der Waals surface area contributed by atoms with Crippen molar-refractivity contribution in [3.05, 3.63) is 0 Å². The highest BCUT2D eigenvalue weighted by molar-refractivity contribution is 5.73. The van der Waals surface area contributed by atoms with E-state index < -0.39 is 17.7 Å². The molecule has 8 aliphatic rings. The Morgan fingerprint density at radius 3 is 2.42 bits per heavy atom. The lowest BCUT2D eigenvalue weighted by atomic mass is 9.41. The largest absolute Gasteiger partial charge is 0.390 e. The maximum atomic E-state index is 12.6. The summed E-state index contributed by atoms with van der Waals surface area (Å²) >= 11 is 0. The smallest absolute Gasteiger partial charge is 0.217 e. The summed E-state index contributed by atoms with van der Waals surface area (Å²) in [5.41, 5.74) is -0.762. The Morgan fingerprint density at radius 2 is 1.75 bits per heavy atom. The first-order valence-corrected chi connectivity index (χ1v) is 19.4. The number of nitrogens with zero attached hydrogens (tertiary/aromatic N) is 1. The second-order valence-electron chi connectivity index (χ2n) is 19.5. The number of carbonyl (C=O) groups excluding carboxylic acids is 1. The van der Waals surface area contributed by atoms with Crippen LogP contribution in [0.3, 0.4) is 0 Å². The Bertz CT molecular complexity index is 1280. The molecule has 5 aliphatic carbocycles. The van der Waals surface area contributed by atoms with Crippen molar-refractivity contribution in [2.75, 3.05) is 32.9 Å². The summed E-state index contributed by atoms with van der Waals surface area (Å²) in [6, 6.07) is -0.0203. The predicted molar refractivity (Wildman–Crippen MR) is 181 cm³/mol. The molecule has 8 rings (SSSR count). The topological polar surface area (TPSA) is 110 Å². The van der Waals surface area contributed by atoms with Gasteiger partial charge in [0.05, 0.1) is 68.5 Å². The molecule has 1 amide bonds. The summed E-state index contributed by atoms with van der Waals surface area (Å²) in [6.45, 7) is 21.4. The first kappa shape index (κ1) is 34.3. The molecule has 9 heteroatoms. The molecule has 14 atom stereocenters. The first-order valence-electron chi connectivity index (χ1n) is 19.4. The van der Waals surface area contributed by atoms with Gasteiger partial charge in [-0.25, -0.2) is 0 Å². The van der Waals surface area contributed by atoms with E-state index in [4.69, 9.17) is 18.9 Å². The van der Waals surface area contributed by atoms with Crippen molar-refractivity contribution in [3.63, 3.8) is 0 Å². The molecule has 3 aliphatic heterocycles. The molecule has 0 bridgehead atoms. The van der Waals surface area contributed by atoms with Crippen LogP contribution in [0, 0.1) is 50.7 Å². The van der Waals surface area contributed by atoms with E-state index in [1.54, 1.807) is 13.8 Å². The van der Waals surface area contributed by atoms with Gasteiger partial charge in [0.25, 0.3) is 0 Å². The number of amides is 1. The normalized spacial score (nSPS) is 52.1. The van der Waals surface area contributed by atoms with E-state index in [0.717, 1.165) is 58.6 Å². The fourth-order valence-electron chi connectivity index (χ4n) is 14.4. The molecular weight excluding hydrogens is 608 g/mol. The predicted octanol–water partition coefficient (Wildman–Crippen LogP) is 4.52. The Kier molecular flexibility index (Phi) is 7.93. The van der Waals surface area contributed by atoms with E-state index in [-0.39, 0.29) is 58.1 Å². The molecule has 9 unspecified atom stereocenters. The van der Waals surface area contributed by atoms with Crippen LogP contribution in [-0.2, 0) is 23.7 Å². The van der Waals surface area contributed by atoms with Crippen LogP contribution < -0.4 is 5.32 Å². The molecule has 3 heterocycles. The van der Waals surface area contributed by atoms with Crippen LogP contribution >= 0.6 is 0 Å². The van der Waals surface area contributed by atoms with Crippen molar-refractivity contribution < 1.29 is 34.0 Å². The van der Waals surface area contributed by atoms with Crippen molar-refractivity contribution >= 4 is 5.91 Å². The summed E-state index contributed by atoms with van der Waals surface area (Å²) in [7, 11) is 0. The van der Waals surface area contributed by atoms with Gasteiger partial charge in [0.15, 0.2) is 6.29 Å². The lowest BCUT2D eigenvalue weighted by Gasteiger charge is -2.64. The highest BCUT2D eigenvalue weighted by Gasteiger charge is 2.84. The SMILES string of the molecule is CC(=O)NC(C1C[C@@H](C)[C@H]2C(O1)[C@H](O)[C@@]1(C)C3CCC4C(C)(C)C(O[C@H]5CN(C6COC6)CCO5)CCC45CC35CCC21C)C(C)(C)O. The number of morpholine rings is 1. The van der Waals surface area contributed by atoms with Crippen LogP contribution in [0.4, 0.5) is 0 Å². The van der Waals surface area contributed by atoms with Crippen molar-refractivity contribution in [3.8, 4) is 0 Å². The van der Waals surface area contributed by atoms with Crippen molar-refractivity contribution in [2.45, 2.75) is 155 Å². The minimum absolute atomic E-state index is 0.0300. The van der Waals surface area contributed by atoms with Gasteiger partial charge >= 0.3 is 0 Å². The molecule has 0 radical (unpaired) electrons. The average Bonchev–Trinajstić information content (AvgIpc) is 3.61. The molecule has 3 saturated heterocycles. The molecule has 3 N–H and O–H groups in total. The third kappa shape index (κ3) is 4.55. The molecule has 5 saturated carbocycles.